The maximum absolute atomic E-state index is 11.8. The van der Waals surface area contributed by atoms with Gasteiger partial charge in [-0.1, -0.05) is 6.92 Å². The summed E-state index contributed by atoms with van der Waals surface area (Å²) in [5.74, 6) is 0.420. The molecule has 0 spiro atoms. The molecule has 4 heterocycles. The first kappa shape index (κ1) is 17.5. The van der Waals surface area contributed by atoms with E-state index in [1.54, 1.807) is 0 Å². The summed E-state index contributed by atoms with van der Waals surface area (Å²) in [4.78, 5) is 20.1. The molecule has 0 bridgehead atoms. The van der Waals surface area contributed by atoms with Gasteiger partial charge in [-0.15, -0.1) is 11.3 Å². The second-order valence-corrected chi connectivity index (χ2v) is 8.15. The third kappa shape index (κ3) is 2.72. The summed E-state index contributed by atoms with van der Waals surface area (Å²) in [7, 11) is 0. The van der Waals surface area contributed by atoms with E-state index in [4.69, 9.17) is 25.9 Å². The molecular weight excluding hydrogens is 352 g/mol. The first-order valence-corrected chi connectivity index (χ1v) is 9.75. The molecule has 0 aliphatic carbocycles. The molecule has 4 rings (SSSR count). The number of nitrogen functional groups attached to an aromatic ring is 1. The number of nitrogens with zero attached hydrogens (tertiary/aromatic N) is 2. The number of pyridine rings is 1. The Bertz CT molecular complexity index is 875. The summed E-state index contributed by atoms with van der Waals surface area (Å²) >= 11 is 1.28. The van der Waals surface area contributed by atoms with Crippen LogP contribution >= 0.6 is 11.3 Å². The second-order valence-electron chi connectivity index (χ2n) is 7.15. The molecule has 0 radical (unpaired) electrons. The van der Waals surface area contributed by atoms with Crippen LogP contribution in [-0.2, 0) is 22.5 Å². The number of hydrogen-bond acceptors (Lipinski definition) is 7. The Balaban J connectivity index is 1.95. The van der Waals surface area contributed by atoms with E-state index in [0.29, 0.717) is 30.4 Å². The van der Waals surface area contributed by atoms with E-state index in [9.17, 15) is 4.79 Å². The highest BCUT2D eigenvalue weighted by molar-refractivity contribution is 7.21. The number of ether oxygens (including phenoxy) is 2. The zero-order valence-corrected chi connectivity index (χ0v) is 15.9. The maximum atomic E-state index is 11.8. The number of nitrogens with two attached hydrogens (primary N) is 2. The van der Waals surface area contributed by atoms with Crippen LogP contribution in [0.25, 0.3) is 10.2 Å². The first-order chi connectivity index (χ1) is 12.4. The van der Waals surface area contributed by atoms with Crippen LogP contribution in [-0.4, -0.2) is 42.8 Å². The van der Waals surface area contributed by atoms with E-state index in [1.165, 1.54) is 11.3 Å². The van der Waals surface area contributed by atoms with Crippen LogP contribution in [0.15, 0.2) is 0 Å². The van der Waals surface area contributed by atoms with Crippen LogP contribution in [0.5, 0.6) is 0 Å². The standard InChI is InChI=1S/C18H24N4O3S/c1-3-18(2)8-10-11(9-25-18)16(22-4-6-24-7-5-22)21-17-12(10)13(19)14(26-17)15(20)23/h3-9,19H2,1-2H3,(H2,20,23). The molecule has 8 heteroatoms. The third-order valence-electron chi connectivity index (χ3n) is 5.47. The lowest BCUT2D eigenvalue weighted by Crippen LogP contribution is -2.40. The molecule has 1 unspecified atom stereocenters. The molecular formula is C18H24N4O3S. The number of primary amides is 1. The predicted octanol–water partition coefficient (Wildman–Crippen LogP) is 2.06. The van der Waals surface area contributed by atoms with Crippen LogP contribution in [0.3, 0.4) is 0 Å². The zero-order valence-electron chi connectivity index (χ0n) is 15.1. The van der Waals surface area contributed by atoms with Crippen molar-refractivity contribution in [1.82, 2.24) is 4.98 Å². The number of carbonyl (C=O) groups excluding carboxylic acids is 1. The van der Waals surface area contributed by atoms with Crippen molar-refractivity contribution in [3.05, 3.63) is 16.0 Å². The molecule has 0 saturated carbocycles. The van der Waals surface area contributed by atoms with Crippen molar-refractivity contribution in [2.75, 3.05) is 36.9 Å². The fraction of sp³-hybridized carbons (Fsp3) is 0.556. The summed E-state index contributed by atoms with van der Waals surface area (Å²) in [5, 5.41) is 0.874. The van der Waals surface area contributed by atoms with Crippen molar-refractivity contribution in [3.63, 3.8) is 0 Å². The number of aromatic nitrogens is 1. The van der Waals surface area contributed by atoms with Crippen molar-refractivity contribution in [1.29, 1.82) is 0 Å². The summed E-state index contributed by atoms with van der Waals surface area (Å²) < 4.78 is 11.7. The van der Waals surface area contributed by atoms with Crippen LogP contribution in [0.2, 0.25) is 0 Å². The van der Waals surface area contributed by atoms with E-state index < -0.39 is 5.91 Å². The molecule has 1 saturated heterocycles. The van der Waals surface area contributed by atoms with Gasteiger partial charge in [0.05, 0.1) is 31.1 Å². The molecule has 140 valence electrons. The second kappa shape index (κ2) is 6.37. The number of fused-ring (bicyclic) bond motifs is 3. The van der Waals surface area contributed by atoms with Crippen LogP contribution in [0, 0.1) is 0 Å². The van der Waals surface area contributed by atoms with E-state index >= 15 is 0 Å². The minimum absolute atomic E-state index is 0.245. The summed E-state index contributed by atoms with van der Waals surface area (Å²) in [6.07, 6.45) is 1.64. The number of hydrogen-bond donors (Lipinski definition) is 2. The van der Waals surface area contributed by atoms with E-state index in [-0.39, 0.29) is 5.60 Å². The van der Waals surface area contributed by atoms with Crippen LogP contribution in [0.4, 0.5) is 11.5 Å². The molecule has 1 amide bonds. The molecule has 0 aromatic carbocycles. The number of carbonyl (C=O) groups is 1. The van der Waals surface area contributed by atoms with Gasteiger partial charge in [0.25, 0.3) is 5.91 Å². The Morgan fingerprint density at radius 2 is 2.08 bits per heavy atom. The lowest BCUT2D eigenvalue weighted by atomic mass is 9.87. The van der Waals surface area contributed by atoms with Crippen LogP contribution < -0.4 is 16.4 Å². The van der Waals surface area contributed by atoms with Gasteiger partial charge in [-0.3, -0.25) is 4.79 Å². The number of amides is 1. The minimum Gasteiger partial charge on any atom is -0.397 e. The lowest BCUT2D eigenvalue weighted by Gasteiger charge is -2.37. The largest absolute Gasteiger partial charge is 0.397 e. The number of rotatable bonds is 3. The lowest BCUT2D eigenvalue weighted by molar-refractivity contribution is -0.0558. The first-order valence-electron chi connectivity index (χ1n) is 8.93. The molecule has 1 atom stereocenters. The van der Waals surface area contributed by atoms with Crippen molar-refractivity contribution in [2.24, 2.45) is 5.73 Å². The molecule has 2 aliphatic heterocycles. The van der Waals surface area contributed by atoms with E-state index in [0.717, 1.165) is 53.1 Å². The molecule has 2 aromatic heterocycles. The van der Waals surface area contributed by atoms with Gasteiger partial charge in [-0.05, 0) is 18.9 Å². The van der Waals surface area contributed by atoms with Gasteiger partial charge in [0.1, 0.15) is 15.5 Å². The van der Waals surface area contributed by atoms with Gasteiger partial charge in [0.2, 0.25) is 0 Å². The molecule has 2 aromatic rings. The quantitative estimate of drug-likeness (QED) is 0.850. The number of anilines is 2. The number of thiophene rings is 1. The van der Waals surface area contributed by atoms with Crippen molar-refractivity contribution < 1.29 is 14.3 Å². The van der Waals surface area contributed by atoms with Gasteiger partial charge in [0, 0.05) is 30.5 Å². The molecule has 2 aliphatic rings. The van der Waals surface area contributed by atoms with Gasteiger partial charge in [-0.25, -0.2) is 4.98 Å². The minimum atomic E-state index is -0.502. The maximum Gasteiger partial charge on any atom is 0.260 e. The van der Waals surface area contributed by atoms with Crippen molar-refractivity contribution in [3.8, 4) is 0 Å². The summed E-state index contributed by atoms with van der Waals surface area (Å²) in [5.41, 5.74) is 14.3. The Kier molecular flexibility index (Phi) is 4.29. The summed E-state index contributed by atoms with van der Waals surface area (Å²) in [6.45, 7) is 7.68. The van der Waals surface area contributed by atoms with Gasteiger partial charge in [-0.2, -0.15) is 0 Å². The monoisotopic (exact) mass is 376 g/mol. The average Bonchev–Trinajstić information content (AvgIpc) is 2.99. The fourth-order valence-corrected chi connectivity index (χ4v) is 4.69. The Morgan fingerprint density at radius 3 is 2.73 bits per heavy atom. The average molecular weight is 376 g/mol. The van der Waals surface area contributed by atoms with Gasteiger partial charge < -0.3 is 25.8 Å². The van der Waals surface area contributed by atoms with Crippen LogP contribution in [0.1, 0.15) is 41.1 Å². The fourth-order valence-electron chi connectivity index (χ4n) is 3.72. The molecule has 4 N–H and O–H groups in total. The Hall–Kier alpha value is -1.90. The summed E-state index contributed by atoms with van der Waals surface area (Å²) in [6, 6.07) is 0. The van der Waals surface area contributed by atoms with Gasteiger partial charge >= 0.3 is 0 Å². The van der Waals surface area contributed by atoms with Crippen molar-refractivity contribution in [2.45, 2.75) is 38.9 Å². The predicted molar refractivity (Wildman–Crippen MR) is 103 cm³/mol. The molecule has 7 nitrogen and oxygen atoms in total. The topological polar surface area (TPSA) is 104 Å². The number of morpholine rings is 1. The van der Waals surface area contributed by atoms with E-state index in [2.05, 4.69) is 18.7 Å². The SMILES string of the molecule is CCC1(C)Cc2c(c(N3CCOCC3)nc3sc(C(N)=O)c(N)c23)CO1. The molecule has 1 fully saturated rings. The highest BCUT2D eigenvalue weighted by Crippen LogP contribution is 2.44. The Morgan fingerprint density at radius 1 is 1.35 bits per heavy atom. The normalized spacial score (nSPS) is 23.2. The zero-order chi connectivity index (χ0) is 18.5. The highest BCUT2D eigenvalue weighted by atomic mass is 32.1. The third-order valence-corrected chi connectivity index (χ3v) is 6.58. The van der Waals surface area contributed by atoms with Crippen molar-refractivity contribution >= 4 is 39.0 Å². The molecule has 26 heavy (non-hydrogen) atoms. The Labute approximate surface area is 156 Å². The van der Waals surface area contributed by atoms with E-state index in [1.807, 2.05) is 0 Å². The smallest absolute Gasteiger partial charge is 0.260 e. The van der Waals surface area contributed by atoms with Gasteiger partial charge in [0.15, 0.2) is 0 Å². The highest BCUT2D eigenvalue weighted by Gasteiger charge is 2.35.